The summed E-state index contributed by atoms with van der Waals surface area (Å²) in [5.74, 6) is 0. The minimum atomic E-state index is 0.853. The van der Waals surface area contributed by atoms with Crippen LogP contribution in [0.25, 0.3) is 27.1 Å². The van der Waals surface area contributed by atoms with Crippen LogP contribution in [0.4, 0.5) is 0 Å². The second kappa shape index (κ2) is 3.58. The van der Waals surface area contributed by atoms with Crippen molar-refractivity contribution in [2.24, 2.45) is 0 Å². The largest absolute Gasteiger partial charge is 0.244 e. The Labute approximate surface area is 106 Å². The SMILES string of the molecule is c1ncc2cc(-c3cnc4sccc4n3)cn2n1. The summed E-state index contributed by atoms with van der Waals surface area (Å²) >= 11 is 1.60. The average molecular weight is 253 g/mol. The predicted octanol–water partition coefficient (Wildman–Crippen LogP) is 2.40. The molecule has 4 aromatic rings. The Morgan fingerprint density at radius 3 is 3.17 bits per heavy atom. The molecule has 4 aromatic heterocycles. The summed E-state index contributed by atoms with van der Waals surface area (Å²) in [5, 5.41) is 6.14. The van der Waals surface area contributed by atoms with E-state index in [0.717, 1.165) is 27.1 Å². The molecule has 0 saturated heterocycles. The molecule has 0 aliphatic carbocycles. The first kappa shape index (κ1) is 9.67. The molecular formula is C12H7N5S. The van der Waals surface area contributed by atoms with Gasteiger partial charge in [-0.1, -0.05) is 0 Å². The molecule has 5 nitrogen and oxygen atoms in total. The number of fused-ring (bicyclic) bond motifs is 2. The lowest BCUT2D eigenvalue weighted by atomic mass is 10.2. The molecule has 6 heteroatoms. The van der Waals surface area contributed by atoms with E-state index in [4.69, 9.17) is 0 Å². The van der Waals surface area contributed by atoms with Gasteiger partial charge in [0.15, 0.2) is 0 Å². The number of hydrogen-bond acceptors (Lipinski definition) is 5. The van der Waals surface area contributed by atoms with Crippen LogP contribution in [0.1, 0.15) is 0 Å². The fraction of sp³-hybridized carbons (Fsp3) is 0. The zero-order valence-corrected chi connectivity index (χ0v) is 10.0. The molecule has 86 valence electrons. The Kier molecular flexibility index (Phi) is 1.92. The maximum atomic E-state index is 4.59. The number of aromatic nitrogens is 5. The molecule has 18 heavy (non-hydrogen) atoms. The van der Waals surface area contributed by atoms with Gasteiger partial charge in [-0.15, -0.1) is 11.3 Å². The van der Waals surface area contributed by atoms with E-state index < -0.39 is 0 Å². The van der Waals surface area contributed by atoms with Gasteiger partial charge in [0.1, 0.15) is 16.7 Å². The zero-order valence-electron chi connectivity index (χ0n) is 9.19. The molecule has 0 unspecified atom stereocenters. The van der Waals surface area contributed by atoms with Crippen molar-refractivity contribution in [1.82, 2.24) is 24.6 Å². The van der Waals surface area contributed by atoms with Crippen molar-refractivity contribution in [2.45, 2.75) is 0 Å². The van der Waals surface area contributed by atoms with Crippen LogP contribution < -0.4 is 0 Å². The van der Waals surface area contributed by atoms with Gasteiger partial charge in [-0.05, 0) is 17.5 Å². The molecule has 0 amide bonds. The van der Waals surface area contributed by atoms with Crippen molar-refractivity contribution in [3.63, 3.8) is 0 Å². The molecule has 0 bridgehead atoms. The molecule has 0 saturated carbocycles. The van der Waals surface area contributed by atoms with Crippen LogP contribution in [-0.2, 0) is 0 Å². The lowest BCUT2D eigenvalue weighted by Gasteiger charge is -1.95. The summed E-state index contributed by atoms with van der Waals surface area (Å²) in [6, 6.07) is 3.98. The first-order valence-corrected chi connectivity index (χ1v) is 6.27. The number of hydrogen-bond donors (Lipinski definition) is 0. The normalized spacial score (nSPS) is 11.3. The third-order valence-corrected chi connectivity index (χ3v) is 3.55. The summed E-state index contributed by atoms with van der Waals surface area (Å²) in [4.78, 5) is 13.9. The topological polar surface area (TPSA) is 56.0 Å². The minimum Gasteiger partial charge on any atom is -0.244 e. The fourth-order valence-corrected chi connectivity index (χ4v) is 2.57. The Morgan fingerprint density at radius 1 is 1.22 bits per heavy atom. The fourth-order valence-electron chi connectivity index (χ4n) is 1.89. The van der Waals surface area contributed by atoms with Crippen LogP contribution in [0.2, 0.25) is 0 Å². The highest BCUT2D eigenvalue weighted by Gasteiger charge is 2.06. The highest BCUT2D eigenvalue weighted by atomic mass is 32.1. The molecule has 0 spiro atoms. The molecule has 0 aliphatic heterocycles. The van der Waals surface area contributed by atoms with Gasteiger partial charge in [-0.25, -0.2) is 19.5 Å². The number of thiophene rings is 1. The van der Waals surface area contributed by atoms with Crippen molar-refractivity contribution in [3.8, 4) is 11.3 Å². The standard InChI is InChI=1S/C12H7N5S/c1-2-18-12-10(1)16-11(5-14-12)8-3-9-4-13-7-15-17(9)6-8/h1-7H. The number of rotatable bonds is 1. The summed E-state index contributed by atoms with van der Waals surface area (Å²) < 4.78 is 1.78. The van der Waals surface area contributed by atoms with Crippen molar-refractivity contribution in [1.29, 1.82) is 0 Å². The van der Waals surface area contributed by atoms with E-state index >= 15 is 0 Å². The highest BCUT2D eigenvalue weighted by molar-refractivity contribution is 7.16. The Morgan fingerprint density at radius 2 is 2.22 bits per heavy atom. The third kappa shape index (κ3) is 1.39. The molecule has 4 rings (SSSR count). The maximum Gasteiger partial charge on any atom is 0.141 e. The van der Waals surface area contributed by atoms with Crippen molar-refractivity contribution in [3.05, 3.63) is 42.4 Å². The molecule has 0 aliphatic rings. The van der Waals surface area contributed by atoms with Gasteiger partial charge in [0.05, 0.1) is 23.6 Å². The lowest BCUT2D eigenvalue weighted by molar-refractivity contribution is 0.903. The highest BCUT2D eigenvalue weighted by Crippen LogP contribution is 2.23. The first-order chi connectivity index (χ1) is 8.90. The van der Waals surface area contributed by atoms with Crippen LogP contribution in [0.15, 0.2) is 42.4 Å². The van der Waals surface area contributed by atoms with Gasteiger partial charge < -0.3 is 0 Å². The van der Waals surface area contributed by atoms with Crippen molar-refractivity contribution < 1.29 is 0 Å². The van der Waals surface area contributed by atoms with Crippen LogP contribution in [-0.4, -0.2) is 24.6 Å². The molecular weight excluding hydrogens is 246 g/mol. The molecule has 4 heterocycles. The second-order valence-electron chi connectivity index (χ2n) is 3.87. The zero-order chi connectivity index (χ0) is 11.9. The van der Waals surface area contributed by atoms with Gasteiger partial charge in [-0.3, -0.25) is 0 Å². The van der Waals surface area contributed by atoms with E-state index in [2.05, 4.69) is 20.1 Å². The average Bonchev–Trinajstić information content (AvgIpc) is 3.04. The summed E-state index contributed by atoms with van der Waals surface area (Å²) in [7, 11) is 0. The Balaban J connectivity index is 1.94. The quantitative estimate of drug-likeness (QED) is 0.522. The minimum absolute atomic E-state index is 0.853. The lowest BCUT2D eigenvalue weighted by Crippen LogP contribution is -1.88. The van der Waals surface area contributed by atoms with Gasteiger partial charge in [0.2, 0.25) is 0 Å². The first-order valence-electron chi connectivity index (χ1n) is 5.39. The second-order valence-corrected chi connectivity index (χ2v) is 4.77. The van der Waals surface area contributed by atoms with E-state index in [1.165, 1.54) is 6.33 Å². The van der Waals surface area contributed by atoms with Gasteiger partial charge in [0.25, 0.3) is 0 Å². The van der Waals surface area contributed by atoms with E-state index in [1.54, 1.807) is 28.2 Å². The number of nitrogens with zero attached hydrogens (tertiary/aromatic N) is 5. The Hall–Kier alpha value is -2.34. The Bertz CT molecular complexity index is 815. The van der Waals surface area contributed by atoms with Gasteiger partial charge in [-0.2, -0.15) is 5.10 Å². The van der Waals surface area contributed by atoms with Crippen LogP contribution in [0.3, 0.4) is 0 Å². The van der Waals surface area contributed by atoms with E-state index in [1.807, 2.05) is 23.7 Å². The van der Waals surface area contributed by atoms with Gasteiger partial charge in [0, 0.05) is 11.8 Å². The maximum absolute atomic E-state index is 4.59. The van der Waals surface area contributed by atoms with Crippen molar-refractivity contribution in [2.75, 3.05) is 0 Å². The van der Waals surface area contributed by atoms with Crippen LogP contribution in [0.5, 0.6) is 0 Å². The summed E-state index contributed by atoms with van der Waals surface area (Å²) in [6.45, 7) is 0. The smallest absolute Gasteiger partial charge is 0.141 e. The summed E-state index contributed by atoms with van der Waals surface area (Å²) in [6.07, 6.45) is 7.01. The monoisotopic (exact) mass is 253 g/mol. The van der Waals surface area contributed by atoms with Gasteiger partial charge >= 0.3 is 0 Å². The molecule has 0 atom stereocenters. The molecule has 0 radical (unpaired) electrons. The third-order valence-electron chi connectivity index (χ3n) is 2.74. The van der Waals surface area contributed by atoms with Crippen LogP contribution >= 0.6 is 11.3 Å². The molecule has 0 fully saturated rings. The molecule has 0 N–H and O–H groups in total. The van der Waals surface area contributed by atoms with Crippen LogP contribution in [0, 0.1) is 0 Å². The summed E-state index contributed by atoms with van der Waals surface area (Å²) in [5.41, 5.74) is 3.72. The van der Waals surface area contributed by atoms with Crippen molar-refractivity contribution >= 4 is 27.2 Å². The van der Waals surface area contributed by atoms with E-state index in [-0.39, 0.29) is 0 Å². The molecule has 0 aromatic carbocycles. The predicted molar refractivity (Wildman–Crippen MR) is 69.4 cm³/mol. The van der Waals surface area contributed by atoms with E-state index in [9.17, 15) is 0 Å². The van der Waals surface area contributed by atoms with E-state index in [0.29, 0.717) is 0 Å².